The van der Waals surface area contributed by atoms with E-state index in [1.54, 1.807) is 12.1 Å². The molecule has 2 aromatic carbocycles. The summed E-state index contributed by atoms with van der Waals surface area (Å²) < 4.78 is 34.4. The summed E-state index contributed by atoms with van der Waals surface area (Å²) in [6.45, 7) is 0.805. The van der Waals surface area contributed by atoms with Crippen LogP contribution < -0.4 is 4.90 Å². The van der Waals surface area contributed by atoms with Gasteiger partial charge in [-0.2, -0.15) is 4.31 Å². The first-order valence-corrected chi connectivity index (χ1v) is 13.3. The first-order valence-electron chi connectivity index (χ1n) is 11.4. The molecule has 1 saturated heterocycles. The van der Waals surface area contributed by atoms with E-state index in [0.29, 0.717) is 42.1 Å². The Morgan fingerprint density at radius 1 is 1.09 bits per heavy atom. The molecular weight excluding hydrogens is 484 g/mol. The maximum Gasteiger partial charge on any atom is 0.299 e. The molecule has 0 bridgehead atoms. The number of sulfonamides is 1. The van der Waals surface area contributed by atoms with Crippen LogP contribution in [0, 0.1) is 0 Å². The van der Waals surface area contributed by atoms with Crippen LogP contribution in [0.1, 0.15) is 35.2 Å². The van der Waals surface area contributed by atoms with E-state index in [4.69, 9.17) is 17.0 Å². The summed E-state index contributed by atoms with van der Waals surface area (Å²) in [6.07, 6.45) is 7.63. The third-order valence-electron chi connectivity index (χ3n) is 6.45. The SMILES string of the molecule is O=C1C(=O)N(Cc2ccccc2)c2ccc(S(=O)(=O)N3CCCC3COC3=CC=CCC3=S)cc21. The van der Waals surface area contributed by atoms with Gasteiger partial charge in [-0.05, 0) is 42.7 Å². The van der Waals surface area contributed by atoms with E-state index in [1.807, 2.05) is 42.5 Å². The summed E-state index contributed by atoms with van der Waals surface area (Å²) >= 11 is 5.32. The van der Waals surface area contributed by atoms with Crippen LogP contribution in [0.5, 0.6) is 0 Å². The van der Waals surface area contributed by atoms with Crippen molar-refractivity contribution < 1.29 is 22.7 Å². The number of fused-ring (bicyclic) bond motifs is 1. The van der Waals surface area contributed by atoms with Crippen molar-refractivity contribution >= 4 is 44.5 Å². The fourth-order valence-corrected chi connectivity index (χ4v) is 6.56. The number of hydrogen-bond donors (Lipinski definition) is 0. The zero-order chi connectivity index (χ0) is 24.6. The van der Waals surface area contributed by atoms with Gasteiger partial charge in [0.15, 0.2) is 0 Å². The summed E-state index contributed by atoms with van der Waals surface area (Å²) in [6, 6.07) is 13.3. The van der Waals surface area contributed by atoms with Gasteiger partial charge < -0.3 is 9.64 Å². The lowest BCUT2D eigenvalue weighted by atomic mass is 10.1. The fourth-order valence-electron chi connectivity index (χ4n) is 4.63. The van der Waals surface area contributed by atoms with Crippen molar-refractivity contribution in [2.45, 2.75) is 36.7 Å². The smallest absolute Gasteiger partial charge is 0.299 e. The van der Waals surface area contributed by atoms with Crippen molar-refractivity contribution in [3.8, 4) is 0 Å². The molecule has 35 heavy (non-hydrogen) atoms. The van der Waals surface area contributed by atoms with Gasteiger partial charge in [-0.25, -0.2) is 8.42 Å². The maximum absolute atomic E-state index is 13.5. The number of rotatable bonds is 7. The van der Waals surface area contributed by atoms with Crippen molar-refractivity contribution in [2.24, 2.45) is 0 Å². The number of Topliss-reactive ketones (excluding diaryl/α,β-unsaturated/α-hetero) is 1. The van der Waals surface area contributed by atoms with Gasteiger partial charge in [0.1, 0.15) is 12.4 Å². The number of benzene rings is 2. The average molecular weight is 509 g/mol. The molecule has 3 aliphatic rings. The van der Waals surface area contributed by atoms with Crippen LogP contribution in [0.25, 0.3) is 0 Å². The Morgan fingerprint density at radius 2 is 1.89 bits per heavy atom. The van der Waals surface area contributed by atoms with Crippen LogP contribution in [-0.4, -0.2) is 48.5 Å². The third kappa shape index (κ3) is 4.47. The number of nitrogens with zero attached hydrogens (tertiary/aromatic N) is 2. The molecule has 0 saturated carbocycles. The first kappa shape index (κ1) is 23.6. The zero-order valence-electron chi connectivity index (χ0n) is 18.9. The van der Waals surface area contributed by atoms with Crippen LogP contribution in [0.2, 0.25) is 0 Å². The molecule has 0 radical (unpaired) electrons. The second-order valence-corrected chi connectivity index (χ2v) is 11.1. The molecule has 0 aromatic heterocycles. The Hall–Kier alpha value is -3.14. The summed E-state index contributed by atoms with van der Waals surface area (Å²) in [5, 5.41) is 0. The third-order valence-corrected chi connectivity index (χ3v) is 8.76. The summed E-state index contributed by atoms with van der Waals surface area (Å²) in [7, 11) is -3.89. The second kappa shape index (κ2) is 9.49. The molecule has 7 nitrogen and oxygen atoms in total. The number of carbonyl (C=O) groups excluding carboxylic acids is 2. The molecule has 1 fully saturated rings. The molecule has 2 heterocycles. The zero-order valence-corrected chi connectivity index (χ0v) is 20.6. The molecule has 5 rings (SSSR count). The number of hydrogen-bond acceptors (Lipinski definition) is 6. The van der Waals surface area contributed by atoms with E-state index in [1.165, 1.54) is 21.3 Å². The van der Waals surface area contributed by atoms with Gasteiger partial charge in [-0.3, -0.25) is 9.59 Å². The molecule has 0 spiro atoms. The minimum atomic E-state index is -3.89. The number of ketones is 1. The highest BCUT2D eigenvalue weighted by Crippen LogP contribution is 2.34. The lowest BCUT2D eigenvalue weighted by Gasteiger charge is -2.25. The summed E-state index contributed by atoms with van der Waals surface area (Å²) in [5.74, 6) is -0.747. The molecule has 1 aliphatic carbocycles. The topological polar surface area (TPSA) is 84.0 Å². The molecule has 1 atom stereocenters. The minimum Gasteiger partial charge on any atom is -0.491 e. The molecule has 180 valence electrons. The van der Waals surface area contributed by atoms with Crippen molar-refractivity contribution in [3.63, 3.8) is 0 Å². The van der Waals surface area contributed by atoms with Gasteiger partial charge in [0.25, 0.3) is 11.7 Å². The molecule has 1 unspecified atom stereocenters. The van der Waals surface area contributed by atoms with Crippen LogP contribution >= 0.6 is 12.2 Å². The van der Waals surface area contributed by atoms with E-state index >= 15 is 0 Å². The van der Waals surface area contributed by atoms with Gasteiger partial charge >= 0.3 is 0 Å². The molecule has 2 aliphatic heterocycles. The minimum absolute atomic E-state index is 0.00111. The van der Waals surface area contributed by atoms with Crippen LogP contribution in [0.4, 0.5) is 5.69 Å². The standard InChI is InChI=1S/C26H24N2O5S2/c29-25-21-15-20(12-13-22(21)27(26(25)30)16-18-7-2-1-3-8-18)35(31,32)28-14-6-9-19(28)17-33-23-10-4-5-11-24(23)34/h1-5,7-8,10,12-13,15,19H,6,9,11,14,16-17H2. The van der Waals surface area contributed by atoms with E-state index < -0.39 is 21.7 Å². The van der Waals surface area contributed by atoms with Crippen LogP contribution in [0.15, 0.2) is 77.4 Å². The first-order chi connectivity index (χ1) is 16.9. The van der Waals surface area contributed by atoms with Crippen molar-refractivity contribution in [1.82, 2.24) is 4.31 Å². The van der Waals surface area contributed by atoms with Gasteiger partial charge in [-0.15, -0.1) is 0 Å². The van der Waals surface area contributed by atoms with Crippen molar-refractivity contribution in [2.75, 3.05) is 18.1 Å². The number of ether oxygens (including phenoxy) is 1. The highest BCUT2D eigenvalue weighted by Gasteiger charge is 2.40. The number of allylic oxidation sites excluding steroid dienone is 4. The van der Waals surface area contributed by atoms with Crippen molar-refractivity contribution in [1.29, 1.82) is 0 Å². The Bertz CT molecular complexity index is 1370. The normalized spacial score (nSPS) is 20.3. The number of carbonyl (C=O) groups is 2. The molecular formula is C26H24N2O5S2. The quantitative estimate of drug-likeness (QED) is 0.418. The summed E-state index contributed by atoms with van der Waals surface area (Å²) in [5.41, 5.74) is 1.42. The predicted octanol–water partition coefficient (Wildman–Crippen LogP) is 3.80. The average Bonchev–Trinajstić information content (AvgIpc) is 3.44. The highest BCUT2D eigenvalue weighted by molar-refractivity contribution is 7.89. The van der Waals surface area contributed by atoms with E-state index in [0.717, 1.165) is 5.56 Å². The van der Waals surface area contributed by atoms with Crippen LogP contribution in [-0.2, 0) is 26.1 Å². The maximum atomic E-state index is 13.5. The molecule has 2 aromatic rings. The summed E-state index contributed by atoms with van der Waals surface area (Å²) in [4.78, 5) is 27.5. The van der Waals surface area contributed by atoms with Gasteiger partial charge in [-0.1, -0.05) is 54.7 Å². The number of thiocarbonyl (C=S) groups is 1. The molecule has 1 amide bonds. The second-order valence-electron chi connectivity index (χ2n) is 8.69. The van der Waals surface area contributed by atoms with Crippen LogP contribution in [0.3, 0.4) is 0 Å². The van der Waals surface area contributed by atoms with Crippen molar-refractivity contribution in [3.05, 3.63) is 83.6 Å². The lowest BCUT2D eigenvalue weighted by Crippen LogP contribution is -2.38. The van der Waals surface area contributed by atoms with E-state index in [9.17, 15) is 18.0 Å². The van der Waals surface area contributed by atoms with Gasteiger partial charge in [0, 0.05) is 13.0 Å². The Kier molecular flexibility index (Phi) is 6.39. The fraction of sp³-hybridized carbons (Fsp3) is 0.269. The predicted molar refractivity (Wildman–Crippen MR) is 136 cm³/mol. The Morgan fingerprint density at radius 3 is 2.66 bits per heavy atom. The van der Waals surface area contributed by atoms with Gasteiger partial charge in [0.2, 0.25) is 10.0 Å². The largest absolute Gasteiger partial charge is 0.491 e. The Balaban J connectivity index is 1.37. The molecule has 0 N–H and O–H groups in total. The number of anilines is 1. The molecule has 9 heteroatoms. The van der Waals surface area contributed by atoms with E-state index in [2.05, 4.69) is 0 Å². The van der Waals surface area contributed by atoms with E-state index in [-0.39, 0.29) is 29.7 Å². The number of amides is 1. The monoisotopic (exact) mass is 508 g/mol. The lowest BCUT2D eigenvalue weighted by molar-refractivity contribution is -0.114. The van der Waals surface area contributed by atoms with Gasteiger partial charge in [0.05, 0.1) is 33.6 Å². The Labute approximate surface area is 209 Å². The highest BCUT2D eigenvalue weighted by atomic mass is 32.2.